The van der Waals surface area contributed by atoms with Gasteiger partial charge in [-0.3, -0.25) is 4.98 Å². The Morgan fingerprint density at radius 1 is 1.10 bits per heavy atom. The standard InChI is InChI=1S/C16H13ClN2S/c17-15-4-2-1-3-13(15)10-19-14-9-16(20-11-14)12-5-7-18-8-6-12/h1-9,11,19H,10H2. The van der Waals surface area contributed by atoms with Crippen LogP contribution in [0.25, 0.3) is 10.4 Å². The number of anilines is 1. The molecule has 0 aliphatic heterocycles. The summed E-state index contributed by atoms with van der Waals surface area (Å²) in [5.74, 6) is 0. The molecular formula is C16H13ClN2S. The molecule has 0 fully saturated rings. The number of nitrogens with zero attached hydrogens (tertiary/aromatic N) is 1. The summed E-state index contributed by atoms with van der Waals surface area (Å²) in [5, 5.41) is 6.32. The lowest BCUT2D eigenvalue weighted by Crippen LogP contribution is -1.98. The molecule has 4 heteroatoms. The molecule has 0 atom stereocenters. The van der Waals surface area contributed by atoms with Crippen LogP contribution in [0, 0.1) is 0 Å². The molecule has 2 aromatic heterocycles. The zero-order chi connectivity index (χ0) is 13.8. The van der Waals surface area contributed by atoms with Gasteiger partial charge in [0, 0.05) is 39.9 Å². The van der Waals surface area contributed by atoms with Gasteiger partial charge in [0.1, 0.15) is 0 Å². The highest BCUT2D eigenvalue weighted by Crippen LogP contribution is 2.29. The Kier molecular flexibility index (Phi) is 4.00. The molecule has 3 rings (SSSR count). The maximum atomic E-state index is 6.15. The molecule has 1 aromatic carbocycles. The van der Waals surface area contributed by atoms with Crippen molar-refractivity contribution in [2.75, 3.05) is 5.32 Å². The molecule has 3 aromatic rings. The number of pyridine rings is 1. The fourth-order valence-electron chi connectivity index (χ4n) is 1.94. The molecule has 1 N–H and O–H groups in total. The average molecular weight is 301 g/mol. The first-order chi connectivity index (χ1) is 9.83. The van der Waals surface area contributed by atoms with Gasteiger partial charge in [-0.2, -0.15) is 0 Å². The third kappa shape index (κ3) is 3.00. The monoisotopic (exact) mass is 300 g/mol. The number of hydrogen-bond donors (Lipinski definition) is 1. The van der Waals surface area contributed by atoms with E-state index in [-0.39, 0.29) is 0 Å². The van der Waals surface area contributed by atoms with Crippen LogP contribution >= 0.6 is 22.9 Å². The van der Waals surface area contributed by atoms with Crippen LogP contribution in [-0.4, -0.2) is 4.98 Å². The molecule has 0 radical (unpaired) electrons. The van der Waals surface area contributed by atoms with Crippen LogP contribution in [0.5, 0.6) is 0 Å². The average Bonchev–Trinajstić information content (AvgIpc) is 2.96. The van der Waals surface area contributed by atoms with Gasteiger partial charge in [0.15, 0.2) is 0 Å². The predicted octanol–water partition coefficient (Wildman–Crippen LogP) is 5.08. The molecule has 0 aliphatic rings. The lowest BCUT2D eigenvalue weighted by molar-refractivity contribution is 1.15. The lowest BCUT2D eigenvalue weighted by Gasteiger charge is -2.05. The second kappa shape index (κ2) is 6.07. The van der Waals surface area contributed by atoms with Crippen molar-refractivity contribution >= 4 is 28.6 Å². The van der Waals surface area contributed by atoms with Crippen molar-refractivity contribution in [3.63, 3.8) is 0 Å². The first kappa shape index (κ1) is 13.2. The zero-order valence-corrected chi connectivity index (χ0v) is 12.3. The molecule has 2 nitrogen and oxygen atoms in total. The summed E-state index contributed by atoms with van der Waals surface area (Å²) < 4.78 is 0. The van der Waals surface area contributed by atoms with Crippen molar-refractivity contribution in [3.8, 4) is 10.4 Å². The lowest BCUT2D eigenvalue weighted by atomic mass is 10.2. The van der Waals surface area contributed by atoms with E-state index in [1.54, 1.807) is 11.3 Å². The molecule has 0 unspecified atom stereocenters. The summed E-state index contributed by atoms with van der Waals surface area (Å²) in [6, 6.07) is 14.1. The van der Waals surface area contributed by atoms with Crippen LogP contribution in [0.3, 0.4) is 0 Å². The second-order valence-electron chi connectivity index (χ2n) is 4.38. The van der Waals surface area contributed by atoms with Crippen LogP contribution in [0.1, 0.15) is 5.56 Å². The molecule has 0 saturated carbocycles. The van der Waals surface area contributed by atoms with E-state index in [1.807, 2.05) is 48.8 Å². The van der Waals surface area contributed by atoms with Crippen molar-refractivity contribution in [2.45, 2.75) is 6.54 Å². The molecule has 2 heterocycles. The summed E-state index contributed by atoms with van der Waals surface area (Å²) in [4.78, 5) is 5.27. The van der Waals surface area contributed by atoms with Crippen LogP contribution < -0.4 is 5.32 Å². The van der Waals surface area contributed by atoms with Crippen molar-refractivity contribution in [1.29, 1.82) is 0 Å². The number of nitrogens with one attached hydrogen (secondary N) is 1. The van der Waals surface area contributed by atoms with Crippen LogP contribution in [0.4, 0.5) is 5.69 Å². The van der Waals surface area contributed by atoms with E-state index in [1.165, 1.54) is 10.4 Å². The zero-order valence-electron chi connectivity index (χ0n) is 10.7. The molecule has 0 bridgehead atoms. The summed E-state index contributed by atoms with van der Waals surface area (Å²) >= 11 is 7.87. The topological polar surface area (TPSA) is 24.9 Å². The van der Waals surface area contributed by atoms with E-state index in [4.69, 9.17) is 11.6 Å². The van der Waals surface area contributed by atoms with Crippen LogP contribution in [-0.2, 0) is 6.54 Å². The quantitative estimate of drug-likeness (QED) is 0.727. The molecular weight excluding hydrogens is 288 g/mol. The number of aromatic nitrogens is 1. The highest BCUT2D eigenvalue weighted by atomic mass is 35.5. The first-order valence-electron chi connectivity index (χ1n) is 6.29. The number of hydrogen-bond acceptors (Lipinski definition) is 3. The van der Waals surface area contributed by atoms with E-state index in [0.29, 0.717) is 0 Å². The normalized spacial score (nSPS) is 10.4. The minimum absolute atomic E-state index is 0.728. The van der Waals surface area contributed by atoms with Gasteiger partial charge in [-0.25, -0.2) is 0 Å². The van der Waals surface area contributed by atoms with Crippen molar-refractivity contribution in [2.24, 2.45) is 0 Å². The summed E-state index contributed by atoms with van der Waals surface area (Å²) in [6.45, 7) is 0.728. The van der Waals surface area contributed by atoms with E-state index in [0.717, 1.165) is 22.8 Å². The van der Waals surface area contributed by atoms with Gasteiger partial charge in [-0.05, 0) is 35.4 Å². The van der Waals surface area contributed by atoms with Crippen LogP contribution in [0.15, 0.2) is 60.2 Å². The number of benzene rings is 1. The Morgan fingerprint density at radius 3 is 2.70 bits per heavy atom. The molecule has 0 aliphatic carbocycles. The highest BCUT2D eigenvalue weighted by molar-refractivity contribution is 7.14. The highest BCUT2D eigenvalue weighted by Gasteiger charge is 2.03. The number of rotatable bonds is 4. The third-order valence-electron chi connectivity index (χ3n) is 3.01. The smallest absolute Gasteiger partial charge is 0.0458 e. The molecule has 0 spiro atoms. The maximum absolute atomic E-state index is 6.15. The Bertz CT molecular complexity index is 694. The Labute approximate surface area is 127 Å². The van der Waals surface area contributed by atoms with Gasteiger partial charge in [0.05, 0.1) is 0 Å². The Morgan fingerprint density at radius 2 is 1.90 bits per heavy atom. The Hall–Kier alpha value is -1.84. The summed E-state index contributed by atoms with van der Waals surface area (Å²) in [7, 11) is 0. The van der Waals surface area contributed by atoms with Crippen LogP contribution in [0.2, 0.25) is 5.02 Å². The molecule has 100 valence electrons. The third-order valence-corrected chi connectivity index (χ3v) is 4.35. The van der Waals surface area contributed by atoms with E-state index >= 15 is 0 Å². The van der Waals surface area contributed by atoms with Gasteiger partial charge in [-0.1, -0.05) is 29.8 Å². The van der Waals surface area contributed by atoms with Crippen molar-refractivity contribution < 1.29 is 0 Å². The summed E-state index contributed by atoms with van der Waals surface area (Å²) in [5.41, 5.74) is 3.41. The number of thiophene rings is 1. The van der Waals surface area contributed by atoms with Gasteiger partial charge in [0.2, 0.25) is 0 Å². The minimum atomic E-state index is 0.728. The van der Waals surface area contributed by atoms with Gasteiger partial charge in [0.25, 0.3) is 0 Å². The van der Waals surface area contributed by atoms with Gasteiger partial charge in [-0.15, -0.1) is 11.3 Å². The van der Waals surface area contributed by atoms with Gasteiger partial charge < -0.3 is 5.32 Å². The second-order valence-corrected chi connectivity index (χ2v) is 5.70. The predicted molar refractivity (Wildman–Crippen MR) is 86.3 cm³/mol. The molecule has 0 saturated heterocycles. The fourth-order valence-corrected chi connectivity index (χ4v) is 3.01. The van der Waals surface area contributed by atoms with E-state index in [9.17, 15) is 0 Å². The molecule has 20 heavy (non-hydrogen) atoms. The van der Waals surface area contributed by atoms with Crippen molar-refractivity contribution in [3.05, 3.63) is 70.8 Å². The molecule has 0 amide bonds. The van der Waals surface area contributed by atoms with Crippen molar-refractivity contribution in [1.82, 2.24) is 4.98 Å². The summed E-state index contributed by atoms with van der Waals surface area (Å²) in [6.07, 6.45) is 3.62. The Balaban J connectivity index is 1.71. The SMILES string of the molecule is Clc1ccccc1CNc1csc(-c2ccncc2)c1. The first-order valence-corrected chi connectivity index (χ1v) is 7.55. The number of halogens is 1. The largest absolute Gasteiger partial charge is 0.380 e. The van der Waals surface area contributed by atoms with E-state index in [2.05, 4.69) is 21.7 Å². The maximum Gasteiger partial charge on any atom is 0.0458 e. The van der Waals surface area contributed by atoms with Gasteiger partial charge >= 0.3 is 0 Å². The fraction of sp³-hybridized carbons (Fsp3) is 0.0625. The minimum Gasteiger partial charge on any atom is -0.380 e. The van der Waals surface area contributed by atoms with E-state index < -0.39 is 0 Å².